The van der Waals surface area contributed by atoms with Crippen LogP contribution in [0, 0.1) is 0 Å². The normalized spacial score (nSPS) is 13.5. The van der Waals surface area contributed by atoms with Crippen LogP contribution in [0.4, 0.5) is 0 Å². The first kappa shape index (κ1) is 13.9. The van der Waals surface area contributed by atoms with E-state index in [-0.39, 0.29) is 11.5 Å². The molecule has 1 aromatic heterocycles. The fraction of sp³-hybridized carbons (Fsp3) is 0.222. The topological polar surface area (TPSA) is 51.2 Å². The lowest BCUT2D eigenvalue weighted by Crippen LogP contribution is -2.40. The summed E-state index contributed by atoms with van der Waals surface area (Å²) in [7, 11) is 0. The van der Waals surface area contributed by atoms with Crippen molar-refractivity contribution in [2.45, 2.75) is 25.3 Å². The summed E-state index contributed by atoms with van der Waals surface area (Å²) in [6, 6.07) is 20.3. The van der Waals surface area contributed by atoms with Crippen molar-refractivity contribution in [3.63, 3.8) is 0 Å². The fourth-order valence-corrected chi connectivity index (χ4v) is 2.83. The summed E-state index contributed by atoms with van der Waals surface area (Å²) in [5.41, 5.74) is 4.84. The second kappa shape index (κ2) is 5.35. The Morgan fingerprint density at radius 1 is 1.00 bits per heavy atom. The Labute approximate surface area is 124 Å². The maximum absolute atomic E-state index is 5.99. The van der Waals surface area contributed by atoms with Gasteiger partial charge in [-0.15, -0.1) is 0 Å². The first-order chi connectivity index (χ1) is 10.1. The highest BCUT2D eigenvalue weighted by atomic mass is 16.3. The zero-order valence-corrected chi connectivity index (χ0v) is 12.3. The van der Waals surface area contributed by atoms with Crippen LogP contribution in [0.3, 0.4) is 0 Å². The van der Waals surface area contributed by atoms with Crippen LogP contribution in [0.2, 0.25) is 0 Å². The third-order valence-corrected chi connectivity index (χ3v) is 4.14. The van der Waals surface area contributed by atoms with Gasteiger partial charge in [-0.3, -0.25) is 5.84 Å². The van der Waals surface area contributed by atoms with Crippen molar-refractivity contribution < 1.29 is 4.42 Å². The first-order valence-corrected chi connectivity index (χ1v) is 7.13. The van der Waals surface area contributed by atoms with Crippen molar-refractivity contribution in [2.75, 3.05) is 0 Å². The van der Waals surface area contributed by atoms with Crippen LogP contribution in [0.1, 0.15) is 31.2 Å². The van der Waals surface area contributed by atoms with Crippen LogP contribution in [0.5, 0.6) is 0 Å². The molecule has 3 heteroatoms. The quantitative estimate of drug-likeness (QED) is 0.562. The summed E-state index contributed by atoms with van der Waals surface area (Å²) in [6.07, 6.45) is 0. The zero-order valence-electron chi connectivity index (χ0n) is 12.3. The molecule has 0 saturated carbocycles. The molecule has 0 aliphatic carbocycles. The van der Waals surface area contributed by atoms with Crippen LogP contribution in [0.15, 0.2) is 65.1 Å². The van der Waals surface area contributed by atoms with E-state index in [1.807, 2.05) is 42.5 Å². The largest absolute Gasteiger partial charge is 0.459 e. The second-order valence-electron chi connectivity index (χ2n) is 5.87. The van der Waals surface area contributed by atoms with Crippen LogP contribution in [-0.2, 0) is 5.41 Å². The van der Waals surface area contributed by atoms with Gasteiger partial charge in [0.1, 0.15) is 11.3 Å². The lowest BCUT2D eigenvalue weighted by atomic mass is 9.77. The highest BCUT2D eigenvalue weighted by Gasteiger charge is 2.34. The minimum atomic E-state index is -0.191. The van der Waals surface area contributed by atoms with Crippen LogP contribution in [-0.4, -0.2) is 0 Å². The van der Waals surface area contributed by atoms with Crippen molar-refractivity contribution in [1.82, 2.24) is 5.43 Å². The maximum Gasteiger partial charge on any atom is 0.134 e. The van der Waals surface area contributed by atoms with Gasteiger partial charge in [0.05, 0.1) is 6.04 Å². The molecule has 3 N–H and O–H groups in total. The molecule has 0 bridgehead atoms. The highest BCUT2D eigenvalue weighted by Crippen LogP contribution is 2.38. The van der Waals surface area contributed by atoms with Gasteiger partial charge in [0, 0.05) is 10.8 Å². The van der Waals surface area contributed by atoms with Gasteiger partial charge in [0.15, 0.2) is 0 Å². The molecule has 0 saturated heterocycles. The van der Waals surface area contributed by atoms with Gasteiger partial charge in [-0.25, -0.2) is 5.43 Å². The van der Waals surface area contributed by atoms with Crippen LogP contribution < -0.4 is 11.3 Å². The number of para-hydroxylation sites is 1. The number of nitrogens with two attached hydrogens (primary N) is 1. The summed E-state index contributed by atoms with van der Waals surface area (Å²) in [5, 5.41) is 1.09. The third-order valence-electron chi connectivity index (χ3n) is 4.14. The average Bonchev–Trinajstić information content (AvgIpc) is 2.92. The minimum Gasteiger partial charge on any atom is -0.459 e. The highest BCUT2D eigenvalue weighted by molar-refractivity contribution is 5.77. The molecule has 21 heavy (non-hydrogen) atoms. The molecule has 0 amide bonds. The number of furan rings is 1. The van der Waals surface area contributed by atoms with Gasteiger partial charge < -0.3 is 4.42 Å². The molecule has 1 heterocycles. The molecular weight excluding hydrogens is 260 g/mol. The lowest BCUT2D eigenvalue weighted by Gasteiger charge is -2.33. The number of fused-ring (bicyclic) bond motifs is 1. The smallest absolute Gasteiger partial charge is 0.134 e. The molecule has 1 unspecified atom stereocenters. The standard InChI is InChI=1S/C18H20N2O/c1-18(2,14-9-4-3-5-10-14)17(20-19)16-12-13-8-6-7-11-15(13)21-16/h3-12,17,20H,19H2,1-2H3. The molecule has 108 valence electrons. The first-order valence-electron chi connectivity index (χ1n) is 7.13. The Balaban J connectivity index is 2.05. The molecule has 0 radical (unpaired) electrons. The minimum absolute atomic E-state index is 0.104. The van der Waals surface area contributed by atoms with E-state index in [4.69, 9.17) is 10.3 Å². The molecular formula is C18H20N2O. The van der Waals surface area contributed by atoms with E-state index >= 15 is 0 Å². The Morgan fingerprint density at radius 3 is 2.33 bits per heavy atom. The molecule has 3 rings (SSSR count). The van der Waals surface area contributed by atoms with Gasteiger partial charge in [-0.2, -0.15) is 0 Å². The van der Waals surface area contributed by atoms with E-state index < -0.39 is 0 Å². The van der Waals surface area contributed by atoms with E-state index in [0.717, 1.165) is 16.7 Å². The molecule has 0 aliphatic heterocycles. The predicted octanol–water partition coefficient (Wildman–Crippen LogP) is 3.92. The average molecular weight is 280 g/mol. The van der Waals surface area contributed by atoms with Crippen LogP contribution >= 0.6 is 0 Å². The van der Waals surface area contributed by atoms with E-state index in [2.05, 4.69) is 37.5 Å². The molecule has 0 fully saturated rings. The summed E-state index contributed by atoms with van der Waals surface area (Å²) >= 11 is 0. The lowest BCUT2D eigenvalue weighted by molar-refractivity contribution is 0.307. The Bertz CT molecular complexity index is 698. The Morgan fingerprint density at radius 2 is 1.67 bits per heavy atom. The van der Waals surface area contributed by atoms with Gasteiger partial charge >= 0.3 is 0 Å². The van der Waals surface area contributed by atoms with Gasteiger partial charge in [0.2, 0.25) is 0 Å². The Hall–Kier alpha value is -2.10. The number of rotatable bonds is 4. The van der Waals surface area contributed by atoms with Crippen molar-refractivity contribution in [2.24, 2.45) is 5.84 Å². The predicted molar refractivity (Wildman–Crippen MR) is 85.7 cm³/mol. The van der Waals surface area contributed by atoms with E-state index in [1.165, 1.54) is 5.56 Å². The number of hydrazine groups is 1. The van der Waals surface area contributed by atoms with E-state index in [9.17, 15) is 0 Å². The third kappa shape index (κ3) is 2.46. The van der Waals surface area contributed by atoms with Crippen molar-refractivity contribution in [1.29, 1.82) is 0 Å². The van der Waals surface area contributed by atoms with E-state index in [0.29, 0.717) is 0 Å². The van der Waals surface area contributed by atoms with Crippen molar-refractivity contribution in [3.8, 4) is 0 Å². The van der Waals surface area contributed by atoms with Gasteiger partial charge in [-0.05, 0) is 17.7 Å². The molecule has 3 nitrogen and oxygen atoms in total. The molecule has 0 aliphatic rings. The number of hydrogen-bond donors (Lipinski definition) is 2. The summed E-state index contributed by atoms with van der Waals surface area (Å²) in [5.74, 6) is 6.69. The summed E-state index contributed by atoms with van der Waals surface area (Å²) in [4.78, 5) is 0. The van der Waals surface area contributed by atoms with Gasteiger partial charge in [0.25, 0.3) is 0 Å². The SMILES string of the molecule is CC(C)(c1ccccc1)C(NN)c1cc2ccccc2o1. The second-order valence-corrected chi connectivity index (χ2v) is 5.87. The van der Waals surface area contributed by atoms with E-state index in [1.54, 1.807) is 0 Å². The van der Waals surface area contributed by atoms with Crippen molar-refractivity contribution >= 4 is 11.0 Å². The number of hydrogen-bond acceptors (Lipinski definition) is 3. The van der Waals surface area contributed by atoms with Gasteiger partial charge in [-0.1, -0.05) is 62.4 Å². The maximum atomic E-state index is 5.99. The number of nitrogens with one attached hydrogen (secondary N) is 1. The number of benzene rings is 2. The molecule has 1 atom stereocenters. The van der Waals surface area contributed by atoms with Crippen LogP contribution in [0.25, 0.3) is 11.0 Å². The fourth-order valence-electron chi connectivity index (χ4n) is 2.83. The molecule has 3 aromatic rings. The summed E-state index contributed by atoms with van der Waals surface area (Å²) < 4.78 is 5.99. The summed E-state index contributed by atoms with van der Waals surface area (Å²) in [6.45, 7) is 4.33. The molecule has 0 spiro atoms. The van der Waals surface area contributed by atoms with Crippen molar-refractivity contribution in [3.05, 3.63) is 72.0 Å². The zero-order chi connectivity index (χ0) is 14.9. The molecule has 2 aromatic carbocycles. The Kier molecular flexibility index (Phi) is 3.53. The monoisotopic (exact) mass is 280 g/mol.